The number of nitrogens with one attached hydrogen (secondary N) is 1. The van der Waals surface area contributed by atoms with Crippen LogP contribution in [-0.2, 0) is 26.3 Å². The van der Waals surface area contributed by atoms with Gasteiger partial charge in [0.25, 0.3) is 0 Å². The third kappa shape index (κ3) is 2.45. The Morgan fingerprint density at radius 1 is 1.40 bits per heavy atom. The van der Waals surface area contributed by atoms with Gasteiger partial charge in [0.05, 0.1) is 25.2 Å². The standard InChI is InChI=1S/C16H21NO3/c1-19-15(18)11-13-10-12-4-2-3-5-14(12)16(20-13)6-8-17-9-7-16/h2-5,13,17H,6-11H2,1H3. The van der Waals surface area contributed by atoms with Gasteiger partial charge in [-0.15, -0.1) is 0 Å². The van der Waals surface area contributed by atoms with E-state index < -0.39 is 0 Å². The third-order valence-electron chi connectivity index (χ3n) is 4.38. The summed E-state index contributed by atoms with van der Waals surface area (Å²) in [6.45, 7) is 1.92. The maximum atomic E-state index is 11.5. The Kier molecular flexibility index (Phi) is 3.76. The molecule has 108 valence electrons. The van der Waals surface area contributed by atoms with Gasteiger partial charge >= 0.3 is 5.97 Å². The van der Waals surface area contributed by atoms with Crippen molar-refractivity contribution in [3.05, 3.63) is 35.4 Å². The summed E-state index contributed by atoms with van der Waals surface area (Å²) >= 11 is 0. The highest BCUT2D eigenvalue weighted by molar-refractivity contribution is 5.69. The zero-order chi connectivity index (χ0) is 14.0. The van der Waals surface area contributed by atoms with Crippen molar-refractivity contribution in [3.63, 3.8) is 0 Å². The van der Waals surface area contributed by atoms with Crippen LogP contribution in [0.2, 0.25) is 0 Å². The van der Waals surface area contributed by atoms with Crippen LogP contribution in [0.25, 0.3) is 0 Å². The molecule has 2 aliphatic rings. The lowest BCUT2D eigenvalue weighted by atomic mass is 9.78. The van der Waals surface area contributed by atoms with Crippen LogP contribution in [-0.4, -0.2) is 32.3 Å². The Bertz CT molecular complexity index is 494. The number of ether oxygens (including phenoxy) is 2. The maximum absolute atomic E-state index is 11.5. The highest BCUT2D eigenvalue weighted by Gasteiger charge is 2.42. The first-order valence-electron chi connectivity index (χ1n) is 7.27. The molecule has 4 heteroatoms. The molecular formula is C16H21NO3. The van der Waals surface area contributed by atoms with E-state index >= 15 is 0 Å². The molecule has 1 unspecified atom stereocenters. The van der Waals surface area contributed by atoms with Gasteiger partial charge in [-0.05, 0) is 43.5 Å². The molecule has 0 saturated carbocycles. The van der Waals surface area contributed by atoms with Gasteiger partial charge in [0.15, 0.2) is 0 Å². The van der Waals surface area contributed by atoms with Crippen LogP contribution in [0.4, 0.5) is 0 Å². The maximum Gasteiger partial charge on any atom is 0.308 e. The second-order valence-electron chi connectivity index (χ2n) is 5.63. The summed E-state index contributed by atoms with van der Waals surface area (Å²) in [5.74, 6) is -0.196. The minimum atomic E-state index is -0.223. The van der Waals surface area contributed by atoms with Crippen molar-refractivity contribution >= 4 is 5.97 Å². The molecule has 1 saturated heterocycles. The number of carbonyl (C=O) groups excluding carboxylic acids is 1. The van der Waals surface area contributed by atoms with Gasteiger partial charge in [-0.2, -0.15) is 0 Å². The van der Waals surface area contributed by atoms with Gasteiger partial charge < -0.3 is 14.8 Å². The molecule has 1 spiro atoms. The predicted octanol–water partition coefficient (Wildman–Crippen LogP) is 1.77. The Morgan fingerprint density at radius 3 is 2.90 bits per heavy atom. The van der Waals surface area contributed by atoms with Gasteiger partial charge in [-0.25, -0.2) is 0 Å². The SMILES string of the molecule is COC(=O)CC1Cc2ccccc2C2(CCNCC2)O1. The summed E-state index contributed by atoms with van der Waals surface area (Å²) in [6, 6.07) is 8.47. The van der Waals surface area contributed by atoms with Crippen LogP contribution in [0.3, 0.4) is 0 Å². The predicted molar refractivity (Wildman–Crippen MR) is 75.4 cm³/mol. The summed E-state index contributed by atoms with van der Waals surface area (Å²) < 4.78 is 11.2. The van der Waals surface area contributed by atoms with Gasteiger partial charge in [-0.1, -0.05) is 24.3 Å². The highest BCUT2D eigenvalue weighted by Crippen LogP contribution is 2.42. The summed E-state index contributed by atoms with van der Waals surface area (Å²) in [5.41, 5.74) is 2.40. The normalized spacial score (nSPS) is 24.1. The Balaban J connectivity index is 1.90. The zero-order valence-electron chi connectivity index (χ0n) is 11.9. The van der Waals surface area contributed by atoms with E-state index in [0.29, 0.717) is 6.42 Å². The molecule has 1 aromatic carbocycles. The van der Waals surface area contributed by atoms with Crippen LogP contribution >= 0.6 is 0 Å². The Morgan fingerprint density at radius 2 is 2.15 bits per heavy atom. The molecule has 2 heterocycles. The number of hydrogen-bond donors (Lipinski definition) is 1. The second-order valence-corrected chi connectivity index (χ2v) is 5.63. The van der Waals surface area contributed by atoms with Gasteiger partial charge in [-0.3, -0.25) is 4.79 Å². The molecule has 1 atom stereocenters. The molecule has 3 rings (SSSR count). The average Bonchev–Trinajstić information content (AvgIpc) is 2.48. The van der Waals surface area contributed by atoms with Crippen molar-refractivity contribution in [3.8, 4) is 0 Å². The first kappa shape index (κ1) is 13.6. The van der Waals surface area contributed by atoms with E-state index in [2.05, 4.69) is 29.6 Å². The summed E-state index contributed by atoms with van der Waals surface area (Å²) in [5, 5.41) is 3.38. The van der Waals surface area contributed by atoms with Gasteiger partial charge in [0.2, 0.25) is 0 Å². The molecular weight excluding hydrogens is 254 g/mol. The lowest BCUT2D eigenvalue weighted by Gasteiger charge is -2.45. The first-order valence-corrected chi connectivity index (χ1v) is 7.27. The monoisotopic (exact) mass is 275 g/mol. The molecule has 1 N–H and O–H groups in total. The van der Waals surface area contributed by atoms with E-state index in [4.69, 9.17) is 9.47 Å². The lowest BCUT2D eigenvalue weighted by Crippen LogP contribution is -2.47. The second kappa shape index (κ2) is 5.54. The number of carbonyl (C=O) groups is 1. The van der Waals surface area contributed by atoms with E-state index in [1.807, 2.05) is 0 Å². The highest BCUT2D eigenvalue weighted by atomic mass is 16.5. The molecule has 1 aromatic rings. The molecule has 0 amide bonds. The van der Waals surface area contributed by atoms with Crippen molar-refractivity contribution < 1.29 is 14.3 Å². The minimum absolute atomic E-state index is 0.0737. The minimum Gasteiger partial charge on any atom is -0.469 e. The van der Waals surface area contributed by atoms with E-state index in [1.165, 1.54) is 18.2 Å². The average molecular weight is 275 g/mol. The third-order valence-corrected chi connectivity index (χ3v) is 4.38. The summed E-state index contributed by atoms with van der Waals surface area (Å²) in [4.78, 5) is 11.5. The number of esters is 1. The number of fused-ring (bicyclic) bond motifs is 2. The Hall–Kier alpha value is -1.39. The number of piperidine rings is 1. The van der Waals surface area contributed by atoms with E-state index in [1.54, 1.807) is 0 Å². The molecule has 4 nitrogen and oxygen atoms in total. The van der Waals surface area contributed by atoms with Crippen molar-refractivity contribution in [2.45, 2.75) is 37.4 Å². The first-order chi connectivity index (χ1) is 9.73. The van der Waals surface area contributed by atoms with E-state index in [9.17, 15) is 4.79 Å². The van der Waals surface area contributed by atoms with Gasteiger partial charge in [0.1, 0.15) is 0 Å². The van der Waals surface area contributed by atoms with Crippen molar-refractivity contribution in [2.75, 3.05) is 20.2 Å². The largest absolute Gasteiger partial charge is 0.469 e. The molecule has 0 aromatic heterocycles. The zero-order valence-corrected chi connectivity index (χ0v) is 11.9. The van der Waals surface area contributed by atoms with E-state index in [0.717, 1.165) is 32.4 Å². The van der Waals surface area contributed by atoms with Crippen LogP contribution in [0.15, 0.2) is 24.3 Å². The number of rotatable bonds is 2. The number of hydrogen-bond acceptors (Lipinski definition) is 4. The molecule has 2 aliphatic heterocycles. The van der Waals surface area contributed by atoms with E-state index in [-0.39, 0.29) is 17.7 Å². The van der Waals surface area contributed by atoms with Crippen molar-refractivity contribution in [2.24, 2.45) is 0 Å². The fraction of sp³-hybridized carbons (Fsp3) is 0.562. The quantitative estimate of drug-likeness (QED) is 0.836. The van der Waals surface area contributed by atoms with Crippen LogP contribution in [0, 0.1) is 0 Å². The Labute approximate surface area is 119 Å². The molecule has 1 fully saturated rings. The van der Waals surface area contributed by atoms with Crippen molar-refractivity contribution in [1.82, 2.24) is 5.32 Å². The number of benzene rings is 1. The van der Waals surface area contributed by atoms with Crippen LogP contribution in [0.1, 0.15) is 30.4 Å². The fourth-order valence-corrected chi connectivity index (χ4v) is 3.41. The molecule has 0 aliphatic carbocycles. The van der Waals surface area contributed by atoms with Crippen LogP contribution in [0.5, 0.6) is 0 Å². The van der Waals surface area contributed by atoms with Gasteiger partial charge in [0, 0.05) is 0 Å². The van der Waals surface area contributed by atoms with Crippen LogP contribution < -0.4 is 5.32 Å². The summed E-state index contributed by atoms with van der Waals surface area (Å²) in [7, 11) is 1.43. The molecule has 0 bridgehead atoms. The summed E-state index contributed by atoms with van der Waals surface area (Å²) in [6.07, 6.45) is 2.97. The lowest BCUT2D eigenvalue weighted by molar-refractivity contribution is -0.156. The fourth-order valence-electron chi connectivity index (χ4n) is 3.41. The smallest absolute Gasteiger partial charge is 0.308 e. The number of methoxy groups -OCH3 is 1. The molecule has 20 heavy (non-hydrogen) atoms. The molecule has 0 radical (unpaired) electrons. The topological polar surface area (TPSA) is 47.6 Å². The van der Waals surface area contributed by atoms with Crippen molar-refractivity contribution in [1.29, 1.82) is 0 Å².